The number of allylic oxidation sites excluding steroid dienone is 5. The Labute approximate surface area is 242 Å². The van der Waals surface area contributed by atoms with E-state index in [1.165, 1.54) is 43.8 Å². The molecular formula is C34H38Cl2SiZr. The third-order valence-electron chi connectivity index (χ3n) is 9.48. The smallest absolute Gasteiger partial charge is 0.147 e. The number of benzene rings is 4. The van der Waals surface area contributed by atoms with E-state index in [-0.39, 0.29) is 24.8 Å². The maximum absolute atomic E-state index is 3.46. The van der Waals surface area contributed by atoms with E-state index in [9.17, 15) is 0 Å². The van der Waals surface area contributed by atoms with Crippen molar-refractivity contribution in [3.8, 4) is 0 Å². The molecule has 4 aromatic rings. The van der Waals surface area contributed by atoms with Gasteiger partial charge >= 0.3 is 220 Å². The summed E-state index contributed by atoms with van der Waals surface area (Å²) in [6.45, 7) is 12.0. The van der Waals surface area contributed by atoms with Crippen LogP contribution in [0.25, 0.3) is 27.1 Å². The zero-order valence-electron chi connectivity index (χ0n) is 23.3. The first-order valence-corrected chi connectivity index (χ1v) is 26.8. The van der Waals surface area contributed by atoms with Gasteiger partial charge in [0.25, 0.3) is 0 Å². The van der Waals surface area contributed by atoms with Gasteiger partial charge in [0.15, 0.2) is 0 Å². The Bertz CT molecular complexity index is 1710. The second-order valence-electron chi connectivity index (χ2n) is 12.2. The van der Waals surface area contributed by atoms with Gasteiger partial charge in [-0.1, -0.05) is 0 Å². The Hall–Kier alpha value is -1.70. The summed E-state index contributed by atoms with van der Waals surface area (Å²) < 4.78 is 7.73. The largest absolute Gasteiger partial charge is 0.147 e. The molecule has 6 rings (SSSR count). The topological polar surface area (TPSA) is 0 Å². The molecule has 0 fully saturated rings. The van der Waals surface area contributed by atoms with Crippen LogP contribution in [-0.4, -0.2) is 6.88 Å². The van der Waals surface area contributed by atoms with E-state index < -0.39 is 17.4 Å². The second-order valence-corrected chi connectivity index (χ2v) is 41.8. The number of hydrogen-bond donors (Lipinski definition) is 0. The van der Waals surface area contributed by atoms with Crippen LogP contribution in [0.4, 0.5) is 0 Å². The Morgan fingerprint density at radius 1 is 0.711 bits per heavy atom. The van der Waals surface area contributed by atoms with Crippen LogP contribution in [0.2, 0.25) is 9.26 Å². The molecule has 2 atom stereocenters. The molecule has 0 N–H and O–H groups in total. The summed E-state index contributed by atoms with van der Waals surface area (Å²) in [4.78, 5) is 0. The Morgan fingerprint density at radius 3 is 1.79 bits per heavy atom. The molecular weight excluding hydrogens is 599 g/mol. The fraction of sp³-hybridized carbons (Fsp3) is 0.235. The zero-order valence-corrected chi connectivity index (χ0v) is 28.8. The van der Waals surface area contributed by atoms with E-state index in [1.807, 2.05) is 3.28 Å². The monoisotopic (exact) mass is 634 g/mol. The van der Waals surface area contributed by atoms with Crippen LogP contribution in [0, 0.1) is 5.92 Å². The van der Waals surface area contributed by atoms with Crippen molar-refractivity contribution < 1.29 is 17.4 Å². The molecule has 0 nitrogen and oxygen atoms in total. The van der Waals surface area contributed by atoms with Gasteiger partial charge in [-0.05, 0) is 0 Å². The Balaban J connectivity index is 0.00000168. The average molecular weight is 637 g/mol. The van der Waals surface area contributed by atoms with Crippen LogP contribution in [0.15, 0.2) is 105 Å². The normalized spacial score (nSPS) is 19.4. The molecule has 0 bridgehead atoms. The summed E-state index contributed by atoms with van der Waals surface area (Å²) in [5.74, 6) is 0.561. The summed E-state index contributed by atoms with van der Waals surface area (Å²) in [5.41, 5.74) is 10.5. The molecule has 2 unspecified atom stereocenters. The molecule has 0 amide bonds. The minimum atomic E-state index is -3.46. The van der Waals surface area contributed by atoms with Gasteiger partial charge in [0, 0.05) is 0 Å². The van der Waals surface area contributed by atoms with Crippen molar-refractivity contribution >= 4 is 58.8 Å². The van der Waals surface area contributed by atoms with Gasteiger partial charge in [-0.2, -0.15) is 0 Å². The third kappa shape index (κ3) is 4.19. The summed E-state index contributed by atoms with van der Waals surface area (Å²) >= 11 is -3.46. The van der Waals surface area contributed by atoms with E-state index in [0.29, 0.717) is 9.54 Å². The van der Waals surface area contributed by atoms with Crippen molar-refractivity contribution in [1.82, 2.24) is 0 Å². The third-order valence-corrected chi connectivity index (χ3v) is 26.8. The first kappa shape index (κ1) is 29.3. The minimum absolute atomic E-state index is 0. The number of rotatable bonds is 3. The van der Waals surface area contributed by atoms with Crippen LogP contribution in [0.1, 0.15) is 48.0 Å². The minimum Gasteiger partial charge on any atom is -0.147 e. The van der Waals surface area contributed by atoms with Crippen molar-refractivity contribution in [3.63, 3.8) is 0 Å². The fourth-order valence-corrected chi connectivity index (χ4v) is 26.0. The Morgan fingerprint density at radius 2 is 1.24 bits per heavy atom. The molecule has 0 aromatic heterocycles. The van der Waals surface area contributed by atoms with Crippen molar-refractivity contribution in [2.45, 2.75) is 40.6 Å². The van der Waals surface area contributed by atoms with Gasteiger partial charge in [0.1, 0.15) is 0 Å². The van der Waals surface area contributed by atoms with Gasteiger partial charge in [-0.25, -0.2) is 0 Å². The molecule has 196 valence electrons. The number of halogens is 2. The van der Waals surface area contributed by atoms with Crippen molar-refractivity contribution in [3.05, 3.63) is 122 Å². The molecule has 0 saturated carbocycles. The summed E-state index contributed by atoms with van der Waals surface area (Å²) in [6.07, 6.45) is 2.70. The SMILES string of the molecule is CC1=C(C)C(C)[C]([Zr]([CH3])([CH3])(=[SiH2])[CH]2C=C(c3c4ccccc4cc4ccccc34)c3ccccc32)=C1C.Cl.Cl. The molecule has 0 saturated heterocycles. The molecule has 38 heavy (non-hydrogen) atoms. The first-order chi connectivity index (χ1) is 17.1. The van der Waals surface area contributed by atoms with Gasteiger partial charge < -0.3 is 0 Å². The maximum atomic E-state index is 2.71. The van der Waals surface area contributed by atoms with Crippen LogP contribution in [0.5, 0.6) is 0 Å². The quantitative estimate of drug-likeness (QED) is 0.155. The van der Waals surface area contributed by atoms with Crippen molar-refractivity contribution in [2.75, 3.05) is 0 Å². The molecule has 2 aliphatic rings. The van der Waals surface area contributed by atoms with Crippen LogP contribution >= 0.6 is 24.8 Å². The number of fused-ring (bicyclic) bond motifs is 3. The summed E-state index contributed by atoms with van der Waals surface area (Å²) in [7, 11) is 0. The van der Waals surface area contributed by atoms with Crippen LogP contribution in [-0.2, 0) is 17.4 Å². The molecule has 2 aliphatic carbocycles. The molecule has 4 aromatic carbocycles. The van der Waals surface area contributed by atoms with Crippen LogP contribution in [0.3, 0.4) is 0 Å². The molecule has 0 spiro atoms. The van der Waals surface area contributed by atoms with Crippen molar-refractivity contribution in [1.29, 1.82) is 0 Å². The van der Waals surface area contributed by atoms with Gasteiger partial charge in [-0.3, -0.25) is 0 Å². The van der Waals surface area contributed by atoms with Gasteiger partial charge in [-0.15, -0.1) is 24.8 Å². The van der Waals surface area contributed by atoms with Gasteiger partial charge in [0.05, 0.1) is 0 Å². The first-order valence-electron chi connectivity index (χ1n) is 13.3. The van der Waals surface area contributed by atoms with Crippen LogP contribution < -0.4 is 0 Å². The summed E-state index contributed by atoms with van der Waals surface area (Å²) in [6, 6.07) is 29.5. The fourth-order valence-electron chi connectivity index (χ4n) is 7.51. The standard InChI is InChI=1S/C23H15.C9H13.2CH3.2ClH.H2Si.Zr/c1-4-10-19-16(7-1)13-14-22(19)23-20-11-5-2-8-17(20)15-18-9-3-6-12-21(18)23;1-6-5-7(2)9(4)8(6)3;;;;;;/h1-15H;6H,1-4H3;2*1H3;2*1H;1H2;. The van der Waals surface area contributed by atoms with E-state index in [0.717, 1.165) is 0 Å². The molecule has 4 heteroatoms. The van der Waals surface area contributed by atoms with E-state index in [1.54, 1.807) is 16.7 Å². The zero-order chi connectivity index (χ0) is 25.4. The average Bonchev–Trinajstić information content (AvgIpc) is 3.35. The second kappa shape index (κ2) is 10.0. The molecule has 0 heterocycles. The van der Waals surface area contributed by atoms with Gasteiger partial charge in [0.2, 0.25) is 0 Å². The van der Waals surface area contributed by atoms with E-state index in [2.05, 4.69) is 129 Å². The van der Waals surface area contributed by atoms with E-state index >= 15 is 0 Å². The molecule has 0 radical (unpaired) electrons. The number of hydrogen-bond acceptors (Lipinski definition) is 0. The molecule has 0 aliphatic heterocycles. The summed E-state index contributed by atoms with van der Waals surface area (Å²) in [5, 5.41) is 5.36. The predicted molar refractivity (Wildman–Crippen MR) is 173 cm³/mol. The van der Waals surface area contributed by atoms with E-state index in [4.69, 9.17) is 0 Å². The Kier molecular flexibility index (Phi) is 7.74. The maximum Gasteiger partial charge on any atom is -0.147 e. The van der Waals surface area contributed by atoms with Crippen molar-refractivity contribution in [2.24, 2.45) is 5.92 Å². The predicted octanol–water partition coefficient (Wildman–Crippen LogP) is 9.92.